The molecular formula is C23H27N3OS. The van der Waals surface area contributed by atoms with Crippen molar-refractivity contribution in [2.75, 3.05) is 20.1 Å². The molecule has 1 amide bonds. The average molecular weight is 394 g/mol. The lowest BCUT2D eigenvalue weighted by molar-refractivity contribution is -0.132. The predicted octanol–water partition coefficient (Wildman–Crippen LogP) is 4.79. The van der Waals surface area contributed by atoms with Gasteiger partial charge in [-0.05, 0) is 44.0 Å². The van der Waals surface area contributed by atoms with Crippen molar-refractivity contribution in [3.8, 4) is 0 Å². The molecule has 1 aromatic heterocycles. The summed E-state index contributed by atoms with van der Waals surface area (Å²) < 4.78 is 1.23. The molecule has 5 heteroatoms. The Labute approximate surface area is 170 Å². The molecule has 0 bridgehead atoms. The van der Waals surface area contributed by atoms with Crippen molar-refractivity contribution in [3.63, 3.8) is 0 Å². The van der Waals surface area contributed by atoms with E-state index in [4.69, 9.17) is 4.98 Å². The summed E-state index contributed by atoms with van der Waals surface area (Å²) in [6.45, 7) is 4.16. The number of benzene rings is 2. The summed E-state index contributed by atoms with van der Waals surface area (Å²) in [6.07, 6.45) is 3.43. The van der Waals surface area contributed by atoms with Gasteiger partial charge >= 0.3 is 0 Å². The van der Waals surface area contributed by atoms with Crippen LogP contribution < -0.4 is 0 Å². The first-order chi connectivity index (χ1) is 13.6. The van der Waals surface area contributed by atoms with E-state index < -0.39 is 0 Å². The predicted molar refractivity (Wildman–Crippen MR) is 115 cm³/mol. The van der Waals surface area contributed by atoms with Gasteiger partial charge in [-0.15, -0.1) is 11.3 Å². The summed E-state index contributed by atoms with van der Waals surface area (Å²) in [7, 11) is 1.90. The number of likely N-dealkylation sites (N-methyl/N-ethyl adjacent to an activating group) is 1. The van der Waals surface area contributed by atoms with Crippen LogP contribution in [0.4, 0.5) is 0 Å². The third-order valence-electron chi connectivity index (χ3n) is 5.51. The molecule has 0 saturated carbocycles. The number of aromatic nitrogens is 1. The monoisotopic (exact) mass is 393 g/mol. The van der Waals surface area contributed by atoms with E-state index in [1.54, 1.807) is 11.3 Å². The van der Waals surface area contributed by atoms with Gasteiger partial charge in [0.2, 0.25) is 5.91 Å². The number of likely N-dealkylation sites (tertiary alicyclic amines) is 1. The zero-order valence-corrected chi connectivity index (χ0v) is 17.4. The summed E-state index contributed by atoms with van der Waals surface area (Å²) in [4.78, 5) is 21.9. The van der Waals surface area contributed by atoms with Crippen molar-refractivity contribution in [1.82, 2.24) is 14.8 Å². The van der Waals surface area contributed by atoms with Crippen molar-refractivity contribution in [3.05, 3.63) is 64.7 Å². The number of fused-ring (bicyclic) bond motifs is 1. The van der Waals surface area contributed by atoms with Crippen LogP contribution in [0.1, 0.15) is 41.4 Å². The lowest BCUT2D eigenvalue weighted by Gasteiger charge is -2.34. The number of aryl methyl sites for hydroxylation is 1. The lowest BCUT2D eigenvalue weighted by atomic mass is 10.0. The molecule has 1 atom stereocenters. The minimum Gasteiger partial charge on any atom is -0.340 e. The lowest BCUT2D eigenvalue weighted by Crippen LogP contribution is -2.42. The van der Waals surface area contributed by atoms with E-state index in [1.165, 1.54) is 22.2 Å². The van der Waals surface area contributed by atoms with Crippen LogP contribution in [0.3, 0.4) is 0 Å². The molecule has 2 aromatic carbocycles. The Kier molecular flexibility index (Phi) is 5.74. The van der Waals surface area contributed by atoms with Crippen molar-refractivity contribution in [2.24, 2.45) is 0 Å². The second-order valence-corrected chi connectivity index (χ2v) is 8.80. The Hall–Kier alpha value is -2.24. The van der Waals surface area contributed by atoms with Gasteiger partial charge in [0.1, 0.15) is 5.01 Å². The van der Waals surface area contributed by atoms with Crippen LogP contribution >= 0.6 is 11.3 Å². The van der Waals surface area contributed by atoms with Gasteiger partial charge in [-0.25, -0.2) is 4.98 Å². The average Bonchev–Trinajstić information content (AvgIpc) is 3.14. The van der Waals surface area contributed by atoms with Gasteiger partial charge < -0.3 is 4.90 Å². The topological polar surface area (TPSA) is 36.4 Å². The molecule has 1 fully saturated rings. The van der Waals surface area contributed by atoms with Gasteiger partial charge in [0.25, 0.3) is 0 Å². The van der Waals surface area contributed by atoms with Crippen LogP contribution in [0.2, 0.25) is 0 Å². The Balaban J connectivity index is 1.45. The van der Waals surface area contributed by atoms with E-state index in [-0.39, 0.29) is 11.9 Å². The summed E-state index contributed by atoms with van der Waals surface area (Å²) in [6, 6.07) is 17.0. The summed E-state index contributed by atoms with van der Waals surface area (Å²) in [5.41, 5.74) is 3.48. The number of nitrogens with zero attached hydrogens (tertiary/aromatic N) is 3. The quantitative estimate of drug-likeness (QED) is 0.625. The van der Waals surface area contributed by atoms with E-state index in [0.717, 1.165) is 29.9 Å². The van der Waals surface area contributed by atoms with Gasteiger partial charge in [0.05, 0.1) is 22.8 Å². The minimum absolute atomic E-state index is 0.175. The summed E-state index contributed by atoms with van der Waals surface area (Å²) >= 11 is 1.77. The smallest absolute Gasteiger partial charge is 0.236 e. The first-order valence-corrected chi connectivity index (χ1v) is 10.8. The zero-order valence-electron chi connectivity index (χ0n) is 16.6. The van der Waals surface area contributed by atoms with Gasteiger partial charge in [-0.1, -0.05) is 48.4 Å². The molecular weight excluding hydrogens is 366 g/mol. The van der Waals surface area contributed by atoms with Crippen molar-refractivity contribution < 1.29 is 4.79 Å². The molecule has 1 aliphatic rings. The summed E-state index contributed by atoms with van der Waals surface area (Å²) in [5, 5.41) is 1.15. The van der Waals surface area contributed by atoms with Crippen LogP contribution in [-0.2, 0) is 11.3 Å². The molecule has 4 rings (SSSR count). The standard InChI is InChI=1S/C23H27N3OS/c1-17-10-12-18(13-11-17)15-25(2)22(27)16-26-14-6-5-8-20(26)23-24-19-7-3-4-9-21(19)28-23/h3-4,7,9-13,20H,5-6,8,14-16H2,1-2H3/t20-/m0/s1. The third kappa shape index (κ3) is 4.26. The molecule has 146 valence electrons. The maximum atomic E-state index is 12.9. The molecule has 0 aliphatic carbocycles. The van der Waals surface area contributed by atoms with E-state index in [9.17, 15) is 4.79 Å². The van der Waals surface area contributed by atoms with Crippen molar-refractivity contribution in [2.45, 2.75) is 38.8 Å². The number of carbonyl (C=O) groups excluding carboxylic acids is 1. The second-order valence-electron chi connectivity index (χ2n) is 7.74. The first-order valence-electron chi connectivity index (χ1n) is 9.99. The van der Waals surface area contributed by atoms with Gasteiger partial charge in [0, 0.05) is 13.6 Å². The number of thiazole rings is 1. The number of rotatable bonds is 5. The summed E-state index contributed by atoms with van der Waals surface area (Å²) in [5.74, 6) is 0.175. The molecule has 0 spiro atoms. The number of piperidine rings is 1. The van der Waals surface area contributed by atoms with Crippen LogP contribution in [0.5, 0.6) is 0 Å². The molecule has 1 aliphatic heterocycles. The highest BCUT2D eigenvalue weighted by molar-refractivity contribution is 7.18. The fraction of sp³-hybridized carbons (Fsp3) is 0.391. The number of hydrogen-bond donors (Lipinski definition) is 0. The SMILES string of the molecule is Cc1ccc(CN(C)C(=O)CN2CCCC[C@H]2c2nc3ccccc3s2)cc1. The fourth-order valence-corrected chi connectivity index (χ4v) is 4.98. The number of carbonyl (C=O) groups is 1. The van der Waals surface area contributed by atoms with Gasteiger partial charge in [0.15, 0.2) is 0 Å². The third-order valence-corrected chi connectivity index (χ3v) is 6.65. The Bertz CT molecular complexity index is 917. The Morgan fingerprint density at radius 3 is 2.75 bits per heavy atom. The normalized spacial score (nSPS) is 17.7. The second kappa shape index (κ2) is 8.41. The highest BCUT2D eigenvalue weighted by Gasteiger charge is 2.29. The number of para-hydroxylation sites is 1. The van der Waals surface area contributed by atoms with E-state index in [2.05, 4.69) is 54.3 Å². The fourth-order valence-electron chi connectivity index (χ4n) is 3.84. The molecule has 4 nitrogen and oxygen atoms in total. The van der Waals surface area contributed by atoms with E-state index in [0.29, 0.717) is 13.1 Å². The molecule has 0 N–H and O–H groups in total. The van der Waals surface area contributed by atoms with E-state index >= 15 is 0 Å². The highest BCUT2D eigenvalue weighted by atomic mass is 32.1. The van der Waals surface area contributed by atoms with E-state index in [1.807, 2.05) is 18.0 Å². The largest absolute Gasteiger partial charge is 0.340 e. The van der Waals surface area contributed by atoms with Crippen LogP contribution in [0, 0.1) is 6.92 Å². The van der Waals surface area contributed by atoms with Crippen LogP contribution in [0.15, 0.2) is 48.5 Å². The molecule has 1 saturated heterocycles. The Morgan fingerprint density at radius 1 is 1.18 bits per heavy atom. The zero-order chi connectivity index (χ0) is 19.5. The molecule has 0 radical (unpaired) electrons. The number of amides is 1. The van der Waals surface area contributed by atoms with Gasteiger partial charge in [-0.3, -0.25) is 9.69 Å². The maximum Gasteiger partial charge on any atom is 0.236 e. The molecule has 2 heterocycles. The van der Waals surface area contributed by atoms with Crippen molar-refractivity contribution >= 4 is 27.5 Å². The maximum absolute atomic E-state index is 12.9. The molecule has 0 unspecified atom stereocenters. The number of hydrogen-bond acceptors (Lipinski definition) is 4. The van der Waals surface area contributed by atoms with Crippen LogP contribution in [-0.4, -0.2) is 40.8 Å². The highest BCUT2D eigenvalue weighted by Crippen LogP contribution is 2.35. The van der Waals surface area contributed by atoms with Crippen LogP contribution in [0.25, 0.3) is 10.2 Å². The molecule has 28 heavy (non-hydrogen) atoms. The minimum atomic E-state index is 0.175. The first kappa shape index (κ1) is 19.1. The molecule has 3 aromatic rings. The Morgan fingerprint density at radius 2 is 1.96 bits per heavy atom. The van der Waals surface area contributed by atoms with Gasteiger partial charge in [-0.2, -0.15) is 0 Å². The van der Waals surface area contributed by atoms with Crippen molar-refractivity contribution in [1.29, 1.82) is 0 Å².